The third-order valence-corrected chi connectivity index (χ3v) is 5.36. The van der Waals surface area contributed by atoms with Gasteiger partial charge in [-0.25, -0.2) is 4.79 Å². The standard InChI is InChI=1S/C24H27ClN4O5/c1-14(2)34-24(32)22(30)12-19(26-23(31)21-13-29(33)28-27-21)10-16-5-7-17(8-6-16)20-11-18(25)9-4-15(20)3/h4-9,11,13-14,19,22,30,33H,10,12H2,1-3H3,(H,26,31)/t19-,22-/m1/s1. The molecule has 9 nitrogen and oxygen atoms in total. The minimum atomic E-state index is -1.42. The molecule has 0 unspecified atom stereocenters. The maximum atomic E-state index is 12.5. The van der Waals surface area contributed by atoms with Crippen LogP contribution in [-0.4, -0.2) is 55.6 Å². The number of aryl methyl sites for hydroxylation is 1. The van der Waals surface area contributed by atoms with Crippen LogP contribution >= 0.6 is 11.6 Å². The number of hydrogen-bond acceptors (Lipinski definition) is 7. The van der Waals surface area contributed by atoms with Gasteiger partial charge >= 0.3 is 5.97 Å². The predicted octanol–water partition coefficient (Wildman–Crippen LogP) is 3.19. The molecular formula is C24H27ClN4O5. The zero-order chi connectivity index (χ0) is 24.8. The third-order valence-electron chi connectivity index (χ3n) is 5.13. The van der Waals surface area contributed by atoms with E-state index in [1.807, 2.05) is 49.4 Å². The summed E-state index contributed by atoms with van der Waals surface area (Å²) in [6, 6.07) is 12.8. The Kier molecular flexibility index (Phi) is 8.25. The zero-order valence-corrected chi connectivity index (χ0v) is 19.9. The minimum absolute atomic E-state index is 0.0697. The van der Waals surface area contributed by atoms with Crippen LogP contribution in [0.5, 0.6) is 0 Å². The van der Waals surface area contributed by atoms with Gasteiger partial charge in [0.05, 0.1) is 12.3 Å². The van der Waals surface area contributed by atoms with E-state index in [1.54, 1.807) is 13.8 Å². The van der Waals surface area contributed by atoms with Crippen molar-refractivity contribution in [3.8, 4) is 11.1 Å². The van der Waals surface area contributed by atoms with Gasteiger partial charge in [-0.05, 0) is 66.8 Å². The van der Waals surface area contributed by atoms with Crippen LogP contribution in [0.3, 0.4) is 0 Å². The van der Waals surface area contributed by atoms with Gasteiger partial charge in [-0.1, -0.05) is 46.8 Å². The number of nitrogens with one attached hydrogen (secondary N) is 1. The number of halogens is 1. The van der Waals surface area contributed by atoms with E-state index in [0.29, 0.717) is 16.3 Å². The summed E-state index contributed by atoms with van der Waals surface area (Å²) in [5, 5.41) is 29.9. The first-order valence-electron chi connectivity index (χ1n) is 10.8. The fourth-order valence-electron chi connectivity index (χ4n) is 3.50. The van der Waals surface area contributed by atoms with Gasteiger partial charge in [0.25, 0.3) is 5.91 Å². The van der Waals surface area contributed by atoms with Crippen LogP contribution in [-0.2, 0) is 16.0 Å². The van der Waals surface area contributed by atoms with Crippen LogP contribution < -0.4 is 5.32 Å². The number of aliphatic hydroxyl groups is 1. The number of aromatic nitrogens is 3. The molecule has 1 aromatic heterocycles. The normalized spacial score (nSPS) is 12.9. The average Bonchev–Trinajstić information content (AvgIpc) is 3.22. The Hall–Kier alpha value is -3.43. The lowest BCUT2D eigenvalue weighted by molar-refractivity contribution is -0.158. The molecule has 0 fully saturated rings. The fourth-order valence-corrected chi connectivity index (χ4v) is 3.67. The van der Waals surface area contributed by atoms with Gasteiger partial charge in [-0.15, -0.1) is 5.10 Å². The molecule has 0 aliphatic heterocycles. The first-order chi connectivity index (χ1) is 16.1. The summed E-state index contributed by atoms with van der Waals surface area (Å²) in [6.45, 7) is 5.38. The van der Waals surface area contributed by atoms with Crippen molar-refractivity contribution in [2.24, 2.45) is 0 Å². The molecule has 0 bridgehead atoms. The smallest absolute Gasteiger partial charge is 0.335 e. The van der Waals surface area contributed by atoms with Gasteiger partial charge < -0.3 is 20.4 Å². The zero-order valence-electron chi connectivity index (χ0n) is 19.1. The number of aliphatic hydroxyl groups excluding tert-OH is 1. The highest BCUT2D eigenvalue weighted by Gasteiger charge is 2.25. The summed E-state index contributed by atoms with van der Waals surface area (Å²) < 4.78 is 5.07. The molecule has 180 valence electrons. The van der Waals surface area contributed by atoms with Crippen LogP contribution in [0.2, 0.25) is 5.02 Å². The van der Waals surface area contributed by atoms with E-state index in [0.717, 1.165) is 28.5 Å². The van der Waals surface area contributed by atoms with E-state index < -0.39 is 24.0 Å². The number of ether oxygens (including phenoxy) is 1. The highest BCUT2D eigenvalue weighted by molar-refractivity contribution is 6.30. The molecule has 0 radical (unpaired) electrons. The van der Waals surface area contributed by atoms with Gasteiger partial charge in [0.2, 0.25) is 0 Å². The largest absolute Gasteiger partial charge is 0.461 e. The van der Waals surface area contributed by atoms with Crippen molar-refractivity contribution in [1.82, 2.24) is 20.5 Å². The average molecular weight is 487 g/mol. The predicted molar refractivity (Wildman–Crippen MR) is 126 cm³/mol. The van der Waals surface area contributed by atoms with E-state index in [9.17, 15) is 19.9 Å². The monoisotopic (exact) mass is 486 g/mol. The number of rotatable bonds is 9. The first-order valence-corrected chi connectivity index (χ1v) is 11.2. The minimum Gasteiger partial charge on any atom is -0.461 e. The van der Waals surface area contributed by atoms with Crippen LogP contribution in [0.15, 0.2) is 48.7 Å². The molecule has 3 rings (SSSR count). The van der Waals surface area contributed by atoms with Gasteiger partial charge in [0, 0.05) is 17.5 Å². The van der Waals surface area contributed by atoms with E-state index >= 15 is 0 Å². The van der Waals surface area contributed by atoms with Gasteiger partial charge in [-0.2, -0.15) is 0 Å². The quantitative estimate of drug-likeness (QED) is 0.313. The lowest BCUT2D eigenvalue weighted by Crippen LogP contribution is -2.41. The maximum absolute atomic E-state index is 12.5. The summed E-state index contributed by atoms with van der Waals surface area (Å²) in [5.41, 5.74) is 3.88. The SMILES string of the molecule is Cc1ccc(Cl)cc1-c1ccc(C[C@H](C[C@@H](O)C(=O)OC(C)C)NC(=O)c2cn(O)nn2)cc1. The van der Waals surface area contributed by atoms with E-state index in [1.165, 1.54) is 0 Å². The second-order valence-electron chi connectivity index (χ2n) is 8.29. The van der Waals surface area contributed by atoms with E-state index in [2.05, 4.69) is 15.6 Å². The molecule has 34 heavy (non-hydrogen) atoms. The molecule has 2 atom stereocenters. The Balaban J connectivity index is 1.77. The molecule has 3 N–H and O–H groups in total. The van der Waals surface area contributed by atoms with E-state index in [-0.39, 0.29) is 18.2 Å². The van der Waals surface area contributed by atoms with Crippen molar-refractivity contribution >= 4 is 23.5 Å². The fraction of sp³-hybridized carbons (Fsp3) is 0.333. The number of benzene rings is 2. The second-order valence-corrected chi connectivity index (χ2v) is 8.73. The Bertz CT molecular complexity index is 1150. The van der Waals surface area contributed by atoms with Crippen molar-refractivity contribution < 1.29 is 24.6 Å². The van der Waals surface area contributed by atoms with Gasteiger partial charge in [0.1, 0.15) is 0 Å². The third kappa shape index (κ3) is 6.79. The van der Waals surface area contributed by atoms with Crippen LogP contribution in [0.25, 0.3) is 11.1 Å². The molecule has 2 aromatic carbocycles. The Labute approximate surface area is 202 Å². The summed E-state index contributed by atoms with van der Waals surface area (Å²) in [4.78, 5) is 25.1. The summed E-state index contributed by atoms with van der Waals surface area (Å²) in [5.74, 6) is -1.36. The first kappa shape index (κ1) is 25.2. The Morgan fingerprint density at radius 1 is 1.18 bits per heavy atom. The highest BCUT2D eigenvalue weighted by atomic mass is 35.5. The molecule has 1 amide bonds. The molecule has 0 aliphatic carbocycles. The number of hydrogen-bond donors (Lipinski definition) is 3. The molecule has 0 saturated heterocycles. The second kappa shape index (κ2) is 11.1. The van der Waals surface area contributed by atoms with Gasteiger partial charge in [0.15, 0.2) is 11.8 Å². The maximum Gasteiger partial charge on any atom is 0.335 e. The molecular weight excluding hydrogens is 460 g/mol. The molecule has 0 spiro atoms. The van der Waals surface area contributed by atoms with Crippen molar-refractivity contribution in [3.63, 3.8) is 0 Å². The Morgan fingerprint density at radius 3 is 2.50 bits per heavy atom. The summed E-state index contributed by atoms with van der Waals surface area (Å²) in [7, 11) is 0. The van der Waals surface area contributed by atoms with Crippen molar-refractivity contribution in [3.05, 3.63) is 70.5 Å². The lowest BCUT2D eigenvalue weighted by atomic mass is 9.96. The van der Waals surface area contributed by atoms with Crippen molar-refractivity contribution in [1.29, 1.82) is 0 Å². The van der Waals surface area contributed by atoms with E-state index in [4.69, 9.17) is 16.3 Å². The van der Waals surface area contributed by atoms with Crippen LogP contribution in [0.4, 0.5) is 0 Å². The summed E-state index contributed by atoms with van der Waals surface area (Å²) in [6.07, 6.45) is -0.482. The van der Waals surface area contributed by atoms with Crippen LogP contribution in [0.1, 0.15) is 41.9 Å². The number of nitrogens with zero attached hydrogens (tertiary/aromatic N) is 3. The number of carbonyl (C=O) groups excluding carboxylic acids is 2. The van der Waals surface area contributed by atoms with Crippen molar-refractivity contribution in [2.75, 3.05) is 0 Å². The number of amides is 1. The van der Waals surface area contributed by atoms with Gasteiger partial charge in [-0.3, -0.25) is 4.79 Å². The Morgan fingerprint density at radius 2 is 1.88 bits per heavy atom. The van der Waals surface area contributed by atoms with Crippen LogP contribution in [0, 0.1) is 6.92 Å². The molecule has 0 saturated carbocycles. The highest BCUT2D eigenvalue weighted by Crippen LogP contribution is 2.27. The summed E-state index contributed by atoms with van der Waals surface area (Å²) >= 11 is 6.14. The number of carbonyl (C=O) groups is 2. The molecule has 0 aliphatic rings. The topological polar surface area (TPSA) is 127 Å². The van der Waals surface area contributed by atoms with Crippen molar-refractivity contribution in [2.45, 2.75) is 51.9 Å². The number of esters is 1. The molecule has 3 aromatic rings. The molecule has 10 heteroatoms. The molecule has 1 heterocycles. The lowest BCUT2D eigenvalue weighted by Gasteiger charge is -2.21.